The average Bonchev–Trinajstić information content (AvgIpc) is 3.39. The number of rotatable bonds is 8. The van der Waals surface area contributed by atoms with E-state index in [9.17, 15) is 10.1 Å². The molecule has 0 spiro atoms. The molecule has 1 saturated heterocycles. The molecule has 8 nitrogen and oxygen atoms in total. The Labute approximate surface area is 192 Å². The SMILES string of the molecule is CN(C)CCCN1C(=S)N[C@H](c2ccccn2)[C@@H]1c1ccc(-c2ccc([N+](=O)[O-])cc2)o1. The van der Waals surface area contributed by atoms with Crippen LogP contribution >= 0.6 is 12.2 Å². The van der Waals surface area contributed by atoms with Crippen LogP contribution in [0.4, 0.5) is 5.69 Å². The Morgan fingerprint density at radius 3 is 2.62 bits per heavy atom. The summed E-state index contributed by atoms with van der Waals surface area (Å²) in [6.07, 6.45) is 2.73. The van der Waals surface area contributed by atoms with Crippen LogP contribution in [0.15, 0.2) is 65.2 Å². The summed E-state index contributed by atoms with van der Waals surface area (Å²) in [5, 5.41) is 15.0. The molecule has 1 aliphatic rings. The Balaban J connectivity index is 1.64. The number of thiocarbonyl (C=S) groups is 1. The van der Waals surface area contributed by atoms with Crippen molar-refractivity contribution in [2.75, 3.05) is 27.2 Å². The van der Waals surface area contributed by atoms with Crippen molar-refractivity contribution in [1.82, 2.24) is 20.1 Å². The van der Waals surface area contributed by atoms with E-state index in [1.807, 2.05) is 30.3 Å². The molecule has 1 aliphatic heterocycles. The van der Waals surface area contributed by atoms with E-state index in [2.05, 4.69) is 34.2 Å². The average molecular weight is 452 g/mol. The Hall–Kier alpha value is -3.30. The van der Waals surface area contributed by atoms with Gasteiger partial charge in [0.15, 0.2) is 5.11 Å². The second-order valence-corrected chi connectivity index (χ2v) is 8.37. The number of nitrogens with one attached hydrogen (secondary N) is 1. The van der Waals surface area contributed by atoms with Gasteiger partial charge in [0.25, 0.3) is 5.69 Å². The number of nitro groups is 1. The highest BCUT2D eigenvalue weighted by Crippen LogP contribution is 2.40. The number of furan rings is 1. The summed E-state index contributed by atoms with van der Waals surface area (Å²) in [6.45, 7) is 1.73. The zero-order valence-corrected chi connectivity index (χ0v) is 18.8. The molecule has 0 amide bonds. The van der Waals surface area contributed by atoms with Crippen molar-refractivity contribution in [2.45, 2.75) is 18.5 Å². The van der Waals surface area contributed by atoms with Crippen LogP contribution in [0.2, 0.25) is 0 Å². The molecule has 166 valence electrons. The van der Waals surface area contributed by atoms with E-state index in [0.717, 1.165) is 36.5 Å². The van der Waals surface area contributed by atoms with Crippen molar-refractivity contribution >= 4 is 23.0 Å². The molecule has 0 bridgehead atoms. The Kier molecular flexibility index (Phi) is 6.48. The zero-order valence-electron chi connectivity index (χ0n) is 18.0. The number of pyridine rings is 1. The van der Waals surface area contributed by atoms with E-state index in [1.54, 1.807) is 18.3 Å². The van der Waals surface area contributed by atoms with Crippen molar-refractivity contribution in [3.05, 3.63) is 82.4 Å². The maximum absolute atomic E-state index is 10.9. The summed E-state index contributed by atoms with van der Waals surface area (Å²) in [5.41, 5.74) is 1.72. The number of benzene rings is 1. The molecular formula is C23H25N5O3S. The smallest absolute Gasteiger partial charge is 0.269 e. The summed E-state index contributed by atoms with van der Waals surface area (Å²) in [4.78, 5) is 19.4. The molecule has 0 radical (unpaired) electrons. The molecule has 0 unspecified atom stereocenters. The fraction of sp³-hybridized carbons (Fsp3) is 0.304. The normalized spacial score (nSPS) is 18.2. The lowest BCUT2D eigenvalue weighted by molar-refractivity contribution is -0.384. The molecule has 3 heterocycles. The maximum atomic E-state index is 10.9. The first kappa shape index (κ1) is 21.9. The number of hydrogen-bond acceptors (Lipinski definition) is 6. The zero-order chi connectivity index (χ0) is 22.7. The first-order valence-corrected chi connectivity index (χ1v) is 10.8. The van der Waals surface area contributed by atoms with E-state index < -0.39 is 4.92 Å². The Morgan fingerprint density at radius 2 is 1.97 bits per heavy atom. The van der Waals surface area contributed by atoms with Gasteiger partial charge < -0.3 is 19.5 Å². The predicted octanol–water partition coefficient (Wildman–Crippen LogP) is 4.17. The van der Waals surface area contributed by atoms with Gasteiger partial charge >= 0.3 is 0 Å². The number of non-ortho nitro benzene ring substituents is 1. The van der Waals surface area contributed by atoms with E-state index in [-0.39, 0.29) is 17.8 Å². The largest absolute Gasteiger partial charge is 0.459 e. The third-order valence-electron chi connectivity index (χ3n) is 5.48. The van der Waals surface area contributed by atoms with Crippen LogP contribution in [-0.2, 0) is 0 Å². The standard InChI is InChI=1S/C23H25N5O3S/c1-26(2)14-5-15-27-22(21(25-23(27)32)18-6-3-4-13-24-18)20-12-11-19(31-20)16-7-9-17(10-8-16)28(29)30/h3-4,6-13,21-22H,5,14-15H2,1-2H3,(H,25,32)/t21-,22+/m1/s1. The van der Waals surface area contributed by atoms with Crippen molar-refractivity contribution in [2.24, 2.45) is 0 Å². The predicted molar refractivity (Wildman–Crippen MR) is 126 cm³/mol. The molecule has 1 fully saturated rings. The highest BCUT2D eigenvalue weighted by Gasteiger charge is 2.41. The van der Waals surface area contributed by atoms with E-state index in [4.69, 9.17) is 16.6 Å². The van der Waals surface area contributed by atoms with Crippen LogP contribution in [-0.4, -0.2) is 52.0 Å². The fourth-order valence-corrected chi connectivity index (χ4v) is 4.26. The lowest BCUT2D eigenvalue weighted by Crippen LogP contribution is -2.32. The molecule has 0 aliphatic carbocycles. The first-order valence-electron chi connectivity index (χ1n) is 10.4. The summed E-state index contributed by atoms with van der Waals surface area (Å²) in [7, 11) is 4.11. The number of hydrogen-bond donors (Lipinski definition) is 1. The third kappa shape index (κ3) is 4.63. The first-order chi connectivity index (χ1) is 15.4. The molecule has 2 aromatic heterocycles. The van der Waals surface area contributed by atoms with Crippen LogP contribution in [0, 0.1) is 10.1 Å². The van der Waals surface area contributed by atoms with Crippen molar-refractivity contribution in [3.63, 3.8) is 0 Å². The highest BCUT2D eigenvalue weighted by atomic mass is 32.1. The fourth-order valence-electron chi connectivity index (χ4n) is 3.93. The summed E-state index contributed by atoms with van der Waals surface area (Å²) < 4.78 is 6.26. The third-order valence-corrected chi connectivity index (χ3v) is 5.84. The molecule has 2 atom stereocenters. The molecular weight excluding hydrogens is 426 g/mol. The second-order valence-electron chi connectivity index (χ2n) is 7.98. The van der Waals surface area contributed by atoms with E-state index in [1.165, 1.54) is 12.1 Å². The monoisotopic (exact) mass is 451 g/mol. The van der Waals surface area contributed by atoms with Gasteiger partial charge in [0, 0.05) is 30.4 Å². The van der Waals surface area contributed by atoms with E-state index in [0.29, 0.717) is 10.9 Å². The molecule has 3 aromatic rings. The lowest BCUT2D eigenvalue weighted by atomic mass is 10.0. The number of nitrogens with zero attached hydrogens (tertiary/aromatic N) is 4. The maximum Gasteiger partial charge on any atom is 0.269 e. The molecule has 0 saturated carbocycles. The minimum Gasteiger partial charge on any atom is -0.459 e. The highest BCUT2D eigenvalue weighted by molar-refractivity contribution is 7.80. The van der Waals surface area contributed by atoms with Crippen LogP contribution in [0.1, 0.15) is 30.0 Å². The van der Waals surface area contributed by atoms with Gasteiger partial charge in [0.05, 0.1) is 16.7 Å². The number of nitro benzene ring substituents is 1. The van der Waals surface area contributed by atoms with Crippen LogP contribution in [0.25, 0.3) is 11.3 Å². The Bertz CT molecular complexity index is 1080. The van der Waals surface area contributed by atoms with Gasteiger partial charge in [-0.15, -0.1) is 0 Å². The van der Waals surface area contributed by atoms with Gasteiger partial charge in [-0.3, -0.25) is 15.1 Å². The lowest BCUT2D eigenvalue weighted by Gasteiger charge is -2.26. The molecule has 4 rings (SSSR count). The van der Waals surface area contributed by atoms with E-state index >= 15 is 0 Å². The number of aromatic nitrogens is 1. The minimum absolute atomic E-state index is 0.0492. The summed E-state index contributed by atoms with van der Waals surface area (Å²) >= 11 is 5.68. The molecule has 1 N–H and O–H groups in total. The molecule has 9 heteroatoms. The Morgan fingerprint density at radius 1 is 1.19 bits per heavy atom. The van der Waals surface area contributed by atoms with Crippen LogP contribution in [0.5, 0.6) is 0 Å². The second kappa shape index (κ2) is 9.46. The van der Waals surface area contributed by atoms with Crippen molar-refractivity contribution < 1.29 is 9.34 Å². The van der Waals surface area contributed by atoms with Crippen molar-refractivity contribution in [3.8, 4) is 11.3 Å². The summed E-state index contributed by atoms with van der Waals surface area (Å²) in [6, 6.07) is 15.7. The van der Waals surface area contributed by atoms with Crippen LogP contribution in [0.3, 0.4) is 0 Å². The van der Waals surface area contributed by atoms with Crippen LogP contribution < -0.4 is 5.32 Å². The molecule has 1 aromatic carbocycles. The quantitative estimate of drug-likeness (QED) is 0.310. The van der Waals surface area contributed by atoms with Gasteiger partial charge in [0.1, 0.15) is 17.6 Å². The van der Waals surface area contributed by atoms with Gasteiger partial charge in [-0.05, 0) is 75.7 Å². The van der Waals surface area contributed by atoms with Gasteiger partial charge in [-0.1, -0.05) is 6.07 Å². The summed E-state index contributed by atoms with van der Waals surface area (Å²) in [5.74, 6) is 1.42. The topological polar surface area (TPSA) is 87.7 Å². The van der Waals surface area contributed by atoms with Gasteiger partial charge in [-0.25, -0.2) is 0 Å². The molecule has 32 heavy (non-hydrogen) atoms. The van der Waals surface area contributed by atoms with Gasteiger partial charge in [0.2, 0.25) is 0 Å². The minimum atomic E-state index is -0.411. The van der Waals surface area contributed by atoms with Crippen molar-refractivity contribution in [1.29, 1.82) is 0 Å². The van der Waals surface area contributed by atoms with Gasteiger partial charge in [-0.2, -0.15) is 0 Å².